The number of anilines is 3. The largest absolute Gasteiger partial charge is 0.524 e. The Morgan fingerprint density at radius 3 is 1.79 bits per heavy atom. The predicted octanol–water partition coefficient (Wildman–Crippen LogP) is 8.47. The van der Waals surface area contributed by atoms with Gasteiger partial charge in [-0.15, -0.1) is 23.2 Å². The number of aryl methyl sites for hydroxylation is 2. The van der Waals surface area contributed by atoms with Crippen LogP contribution < -0.4 is 46.5 Å². The molecule has 11 N–H and O–H groups in total. The molecule has 3 fully saturated rings. The molecule has 3 saturated carbocycles. The predicted molar refractivity (Wildman–Crippen MR) is 354 cm³/mol. The summed E-state index contributed by atoms with van der Waals surface area (Å²) in [6.45, 7) is 9.76. The number of halogens is 2. The standard InChI is InChI=1S/C65H84Cl2N11O15P/c1-35(2)54(74-58(82)40(21-38(5)79)11-8-9-17-68)47(80)22-41(12-10-18-70-61(69)85)57(81)73-44-15-13-39(14-16-44)31-91-62(86)75(6)19-20-76(7)63(87)92-48-23-45-52(50-36(3)27-71-55(48)50)42(25-66)29-77(45)59(83)64-32-65(33-64,34-64)60(84)78-30-43(26-67)53-46(78)24-49(93-94(88,89)90)56-51(53)37(4)28-72-56/h13-16,23-24,27-28,35,40-43,54,71-72H,8-12,17-22,25-26,29-34,68H2,1-7H3,(H,73,81)(H,74,82)(H3,69,70,85)(H2,88,89,90)/t40-,41-,42-,43-,54+,64?,65?/m1/s1. The van der Waals surface area contributed by atoms with Crippen LogP contribution in [0.5, 0.6) is 11.5 Å². The molecular formula is C65H84Cl2N11O15P. The molecule has 29 heteroatoms. The van der Waals surface area contributed by atoms with Gasteiger partial charge in [0, 0.05) is 136 Å². The van der Waals surface area contributed by atoms with Crippen molar-refractivity contribution in [1.29, 1.82) is 0 Å². The van der Waals surface area contributed by atoms with E-state index >= 15 is 0 Å². The second kappa shape index (κ2) is 29.1. The van der Waals surface area contributed by atoms with Crippen molar-refractivity contribution in [3.05, 3.63) is 76.6 Å². The van der Waals surface area contributed by atoms with Crippen LogP contribution in [0.25, 0.3) is 21.8 Å². The van der Waals surface area contributed by atoms with Crippen molar-refractivity contribution in [3.63, 3.8) is 0 Å². The van der Waals surface area contributed by atoms with Gasteiger partial charge in [0.05, 0.1) is 39.3 Å². The maximum Gasteiger partial charge on any atom is 0.524 e. The monoisotopic (exact) mass is 1360 g/mol. The number of unbranched alkanes of at least 4 members (excludes halogenated alkanes) is 1. The number of hydrogen-bond acceptors (Lipinski definition) is 14. The lowest BCUT2D eigenvalue weighted by atomic mass is 9.34. The summed E-state index contributed by atoms with van der Waals surface area (Å²) in [6, 6.07) is 8.01. The molecule has 0 radical (unpaired) electrons. The maximum atomic E-state index is 14.9. The number of nitrogens with two attached hydrogens (primary N) is 2. The van der Waals surface area contributed by atoms with Crippen LogP contribution in [-0.4, -0.2) is 154 Å². The van der Waals surface area contributed by atoms with E-state index < -0.39 is 66.6 Å². The van der Waals surface area contributed by atoms with Crippen LogP contribution in [0.4, 0.5) is 31.4 Å². The smallest absolute Gasteiger partial charge is 0.445 e. The third-order valence-corrected chi connectivity index (χ3v) is 19.9. The van der Waals surface area contributed by atoms with E-state index in [4.69, 9.17) is 48.7 Å². The van der Waals surface area contributed by atoms with Crippen LogP contribution in [-0.2, 0) is 44.7 Å². The fourth-order valence-electron chi connectivity index (χ4n) is 13.9. The molecule has 2 aliphatic heterocycles. The number of ketones is 2. The van der Waals surface area contributed by atoms with Crippen LogP contribution >= 0.6 is 31.0 Å². The van der Waals surface area contributed by atoms with Gasteiger partial charge >= 0.3 is 26.0 Å². The number of ether oxygens (including phenoxy) is 2. The van der Waals surface area contributed by atoms with Crippen molar-refractivity contribution in [2.75, 3.05) is 80.2 Å². The first-order valence-corrected chi connectivity index (χ1v) is 34.2. The number of likely N-dealkylation sites (N-methyl/N-ethyl adjacent to an activating group) is 2. The fourth-order valence-corrected chi connectivity index (χ4v) is 14.9. The van der Waals surface area contributed by atoms with Crippen molar-refractivity contribution >= 4 is 123 Å². The molecule has 94 heavy (non-hydrogen) atoms. The number of nitrogens with one attached hydrogen (secondary N) is 5. The number of nitrogens with zero attached hydrogens (tertiary/aromatic N) is 4. The molecule has 0 unspecified atom stereocenters. The molecule has 4 heterocycles. The van der Waals surface area contributed by atoms with Gasteiger partial charge in [-0.2, -0.15) is 0 Å². The van der Waals surface area contributed by atoms with Crippen LogP contribution in [0.1, 0.15) is 125 Å². The minimum atomic E-state index is -4.99. The number of phosphoric ester groups is 1. The van der Waals surface area contributed by atoms with Gasteiger partial charge in [-0.05, 0) is 118 Å². The number of Topliss-reactive ketones (excluding diaryl/α,β-unsaturated/α-hetero) is 2. The Balaban J connectivity index is 0.788. The zero-order valence-corrected chi connectivity index (χ0v) is 56.3. The molecule has 8 amide bonds. The number of alkyl halides is 2. The normalized spacial score (nSPS) is 19.5. The lowest BCUT2D eigenvalue weighted by molar-refractivity contribution is -0.205. The van der Waals surface area contributed by atoms with Gasteiger partial charge in [-0.3, -0.25) is 33.8 Å². The molecule has 508 valence electrons. The Morgan fingerprint density at radius 1 is 0.755 bits per heavy atom. The highest BCUT2D eigenvalue weighted by Crippen LogP contribution is 2.75. The number of H-pyrrole nitrogens is 2. The second-order valence-electron chi connectivity index (χ2n) is 26.1. The molecule has 5 atom stereocenters. The number of phosphoric acid groups is 1. The van der Waals surface area contributed by atoms with Crippen LogP contribution in [0.15, 0.2) is 48.8 Å². The summed E-state index contributed by atoms with van der Waals surface area (Å²) in [5, 5.41) is 9.64. The summed E-state index contributed by atoms with van der Waals surface area (Å²) in [7, 11) is -1.96. The first-order valence-electron chi connectivity index (χ1n) is 31.6. The van der Waals surface area contributed by atoms with E-state index in [9.17, 15) is 57.5 Å². The van der Waals surface area contributed by atoms with E-state index in [1.54, 1.807) is 66.4 Å². The number of aromatic nitrogens is 2. The van der Waals surface area contributed by atoms with Gasteiger partial charge in [-0.25, -0.2) is 18.9 Å². The number of fused-ring (bicyclic) bond motifs is 6. The van der Waals surface area contributed by atoms with Crippen molar-refractivity contribution in [3.8, 4) is 11.5 Å². The number of carbonyl (C=O) groups is 9. The molecule has 0 spiro atoms. The topological polar surface area (TPSA) is 372 Å². The third kappa shape index (κ3) is 15.0. The van der Waals surface area contributed by atoms with Gasteiger partial charge in [0.25, 0.3) is 0 Å². The van der Waals surface area contributed by atoms with Gasteiger partial charge in [0.15, 0.2) is 17.3 Å². The van der Waals surface area contributed by atoms with Gasteiger partial charge in [0.2, 0.25) is 23.6 Å². The summed E-state index contributed by atoms with van der Waals surface area (Å²) >= 11 is 13.2. The van der Waals surface area contributed by atoms with Crippen LogP contribution in [0.2, 0.25) is 0 Å². The highest BCUT2D eigenvalue weighted by Gasteiger charge is 2.76. The minimum absolute atomic E-state index is 0.0231. The Hall–Kier alpha value is -7.74. The van der Waals surface area contributed by atoms with Gasteiger partial charge in [0.1, 0.15) is 12.4 Å². The first kappa shape index (κ1) is 70.6. The van der Waals surface area contributed by atoms with Crippen LogP contribution in [0.3, 0.4) is 0 Å². The lowest BCUT2D eigenvalue weighted by Gasteiger charge is -2.69. The average molecular weight is 1360 g/mol. The molecule has 3 aliphatic carbocycles. The molecule has 0 saturated heterocycles. The molecule has 5 aromatic rings. The van der Waals surface area contributed by atoms with E-state index in [0.29, 0.717) is 71.3 Å². The van der Waals surface area contributed by atoms with Crippen molar-refractivity contribution in [2.45, 2.75) is 123 Å². The molecule has 2 bridgehead atoms. The summed E-state index contributed by atoms with van der Waals surface area (Å²) in [6.07, 6.45) is 4.97. The van der Waals surface area contributed by atoms with E-state index in [2.05, 4.69) is 25.9 Å². The quantitative estimate of drug-likeness (QED) is 0.0118. The lowest BCUT2D eigenvalue weighted by Crippen LogP contribution is -2.73. The zero-order chi connectivity index (χ0) is 68.3. The molecule has 5 aliphatic rings. The first-order chi connectivity index (χ1) is 44.5. The van der Waals surface area contributed by atoms with E-state index in [0.717, 1.165) is 27.6 Å². The SMILES string of the molecule is CC(=O)C[C@@H](CCCCN)C(=O)N[C@H](C(=O)C[C@@H](CCCNC(N)=O)C(=O)Nc1ccc(COC(=O)N(C)CCN(C)C(=O)Oc2cc3c(c4c(C)c[nH]c24)[C@H](CCl)CN3C(=O)C23CC(C(=O)N4C[C@@H](CCl)c5c4cc(OP(=O)(O)O)c4[nH]cc(C)c54)(C2)C3)cc1)C(C)C. The van der Waals surface area contributed by atoms with Gasteiger partial charge < -0.3 is 75.8 Å². The van der Waals surface area contributed by atoms with Crippen LogP contribution in [0, 0.1) is 42.4 Å². The van der Waals surface area contributed by atoms with E-state index in [-0.39, 0.29) is 142 Å². The number of hydrogen-bond donors (Lipinski definition) is 9. The highest BCUT2D eigenvalue weighted by atomic mass is 35.5. The maximum absolute atomic E-state index is 14.9. The highest BCUT2D eigenvalue weighted by molar-refractivity contribution is 7.46. The minimum Gasteiger partial charge on any atom is -0.445 e. The summed E-state index contributed by atoms with van der Waals surface area (Å²) < 4.78 is 28.9. The number of benzene rings is 3. The molecule has 26 nitrogen and oxygen atoms in total. The fraction of sp³-hybridized carbons (Fsp3) is 0.523. The average Bonchev–Trinajstić information content (AvgIpc) is 0.898. The Labute approximate surface area is 554 Å². The zero-order valence-electron chi connectivity index (χ0n) is 53.9. The summed E-state index contributed by atoms with van der Waals surface area (Å²) in [5.41, 5.74) is 15.3. The Kier molecular flexibility index (Phi) is 21.8. The number of urea groups is 1. The van der Waals surface area contributed by atoms with E-state index in [1.165, 1.54) is 36.9 Å². The van der Waals surface area contributed by atoms with Crippen molar-refractivity contribution in [2.24, 2.45) is 40.1 Å². The second-order valence-corrected chi connectivity index (χ2v) is 27.9. The number of aromatic amines is 2. The molecule has 10 rings (SSSR count). The molecule has 3 aromatic carbocycles. The number of carbonyl (C=O) groups excluding carboxylic acids is 9. The number of primary amides is 1. The Bertz CT molecular complexity index is 3790. The molecule has 2 aromatic heterocycles. The van der Waals surface area contributed by atoms with Gasteiger partial charge in [-0.1, -0.05) is 32.4 Å². The summed E-state index contributed by atoms with van der Waals surface area (Å²) in [5.74, 6) is -3.73. The number of amides is 8. The van der Waals surface area contributed by atoms with E-state index in [1.807, 2.05) is 13.8 Å². The number of rotatable bonds is 30. The molecular weight excluding hydrogens is 1280 g/mol. The third-order valence-electron chi connectivity index (χ3n) is 18.7. The summed E-state index contributed by atoms with van der Waals surface area (Å²) in [4.78, 5) is 153. The van der Waals surface area contributed by atoms with Crippen molar-refractivity contribution in [1.82, 2.24) is 30.4 Å². The Morgan fingerprint density at radius 2 is 1.28 bits per heavy atom. The van der Waals surface area contributed by atoms with Crippen molar-refractivity contribution < 1.29 is 71.5 Å².